The molecule has 0 spiro atoms. The molecule has 1 aromatic rings. The van der Waals surface area contributed by atoms with Crippen molar-refractivity contribution in [3.8, 4) is 11.5 Å². The zero-order valence-electron chi connectivity index (χ0n) is 15.4. The van der Waals surface area contributed by atoms with Crippen LogP contribution in [0.15, 0.2) is 18.2 Å². The molecule has 1 saturated heterocycles. The normalized spacial score (nSPS) is 20.9. The fourth-order valence-electron chi connectivity index (χ4n) is 2.80. The number of ether oxygens (including phenoxy) is 2. The number of nitrogens with zero attached hydrogens (tertiary/aromatic N) is 1. The van der Waals surface area contributed by atoms with E-state index in [0.717, 1.165) is 12.0 Å². The molecule has 0 bridgehead atoms. The summed E-state index contributed by atoms with van der Waals surface area (Å²) in [4.78, 5) is 26.5. The van der Waals surface area contributed by atoms with Gasteiger partial charge in [0.2, 0.25) is 11.8 Å². The van der Waals surface area contributed by atoms with Gasteiger partial charge in [0, 0.05) is 18.7 Å². The second kappa shape index (κ2) is 8.47. The van der Waals surface area contributed by atoms with Gasteiger partial charge < -0.3 is 19.7 Å². The van der Waals surface area contributed by atoms with Crippen LogP contribution in [-0.4, -0.2) is 48.8 Å². The molecule has 1 aromatic carbocycles. The summed E-state index contributed by atoms with van der Waals surface area (Å²) < 4.78 is 10.6. The average Bonchev–Trinajstić information content (AvgIpc) is 3.06. The lowest BCUT2D eigenvalue weighted by Crippen LogP contribution is -2.49. The van der Waals surface area contributed by atoms with Crippen LogP contribution in [0.2, 0.25) is 0 Å². The van der Waals surface area contributed by atoms with Gasteiger partial charge in [0.15, 0.2) is 11.5 Å². The summed E-state index contributed by atoms with van der Waals surface area (Å²) in [6.45, 7) is 5.48. The Kier molecular flexibility index (Phi) is 6.58. The lowest BCUT2D eigenvalue weighted by molar-refractivity contribution is -0.138. The Bertz CT molecular complexity index is 638. The molecule has 25 heavy (non-hydrogen) atoms. The summed E-state index contributed by atoms with van der Waals surface area (Å²) in [7, 11) is 3.16. The molecule has 1 aliphatic heterocycles. The smallest absolute Gasteiger partial charge is 0.243 e. The molecule has 1 aliphatic rings. The van der Waals surface area contributed by atoms with Crippen molar-refractivity contribution in [1.29, 1.82) is 0 Å². The van der Waals surface area contributed by atoms with Crippen molar-refractivity contribution in [1.82, 2.24) is 10.2 Å². The summed E-state index contributed by atoms with van der Waals surface area (Å²) in [5.41, 5.74) is 0.914. The van der Waals surface area contributed by atoms with E-state index in [2.05, 4.69) is 5.32 Å². The topological polar surface area (TPSA) is 67.9 Å². The first-order valence-corrected chi connectivity index (χ1v) is 9.40. The second-order valence-electron chi connectivity index (χ2n) is 6.06. The maximum Gasteiger partial charge on any atom is 0.243 e. The molecule has 3 unspecified atom stereocenters. The van der Waals surface area contributed by atoms with Crippen LogP contribution in [0.3, 0.4) is 0 Å². The molecule has 0 saturated carbocycles. The van der Waals surface area contributed by atoms with E-state index >= 15 is 0 Å². The molecule has 0 aliphatic carbocycles. The number of methoxy groups -OCH3 is 2. The van der Waals surface area contributed by atoms with Crippen LogP contribution < -0.4 is 14.8 Å². The summed E-state index contributed by atoms with van der Waals surface area (Å²) in [6.07, 6.45) is 0.852. The van der Waals surface area contributed by atoms with E-state index in [1.807, 2.05) is 32.0 Å². The van der Waals surface area contributed by atoms with Gasteiger partial charge in [-0.25, -0.2) is 0 Å². The van der Waals surface area contributed by atoms with Crippen LogP contribution in [0.4, 0.5) is 0 Å². The third kappa shape index (κ3) is 4.21. The van der Waals surface area contributed by atoms with E-state index in [4.69, 9.17) is 9.47 Å². The maximum atomic E-state index is 12.6. The molecular weight excluding hydrogens is 340 g/mol. The van der Waals surface area contributed by atoms with Crippen molar-refractivity contribution in [3.05, 3.63) is 23.8 Å². The zero-order chi connectivity index (χ0) is 18.6. The number of benzene rings is 1. The number of carbonyl (C=O) groups is 2. The second-order valence-corrected chi connectivity index (χ2v) is 7.17. The van der Waals surface area contributed by atoms with Crippen LogP contribution in [-0.2, 0) is 9.59 Å². The maximum absolute atomic E-state index is 12.6. The minimum Gasteiger partial charge on any atom is -0.493 e. The molecule has 0 aromatic heterocycles. The quantitative estimate of drug-likeness (QED) is 0.838. The van der Waals surface area contributed by atoms with E-state index in [1.54, 1.807) is 30.9 Å². The highest BCUT2D eigenvalue weighted by atomic mass is 32.2. The predicted octanol–water partition coefficient (Wildman–Crippen LogP) is 2.58. The Morgan fingerprint density at radius 2 is 2.00 bits per heavy atom. The summed E-state index contributed by atoms with van der Waals surface area (Å²) >= 11 is 1.58. The number of rotatable bonds is 6. The minimum absolute atomic E-state index is 0.0893. The summed E-state index contributed by atoms with van der Waals surface area (Å²) in [5, 5.41) is 2.76. The van der Waals surface area contributed by atoms with Gasteiger partial charge in [-0.3, -0.25) is 9.59 Å². The monoisotopic (exact) mass is 366 g/mol. The van der Waals surface area contributed by atoms with Crippen LogP contribution in [0.5, 0.6) is 11.5 Å². The van der Waals surface area contributed by atoms with Crippen molar-refractivity contribution in [2.24, 2.45) is 0 Å². The van der Waals surface area contributed by atoms with E-state index in [-0.39, 0.29) is 23.2 Å². The van der Waals surface area contributed by atoms with Crippen LogP contribution in [0.25, 0.3) is 0 Å². The summed E-state index contributed by atoms with van der Waals surface area (Å²) in [5.74, 6) is 1.60. The molecular formula is C18H26N2O4S. The van der Waals surface area contributed by atoms with Crippen LogP contribution in [0.1, 0.15) is 38.1 Å². The third-order valence-corrected chi connectivity index (χ3v) is 5.68. The van der Waals surface area contributed by atoms with Gasteiger partial charge >= 0.3 is 0 Å². The van der Waals surface area contributed by atoms with Gasteiger partial charge in [0.25, 0.3) is 0 Å². The van der Waals surface area contributed by atoms with Gasteiger partial charge in [0.05, 0.1) is 14.2 Å². The zero-order valence-corrected chi connectivity index (χ0v) is 16.2. The Morgan fingerprint density at radius 3 is 2.56 bits per heavy atom. The standard InChI is InChI=1S/C18H26N2O4S/c1-6-11(2)19-17(22)14-10-25-18(20(14)12(3)21)13-7-8-15(23-4)16(9-13)24-5/h7-9,11,14,18H,6,10H2,1-5H3,(H,19,22). The highest BCUT2D eigenvalue weighted by molar-refractivity contribution is 7.99. The highest BCUT2D eigenvalue weighted by Crippen LogP contribution is 2.43. The van der Waals surface area contributed by atoms with Gasteiger partial charge in [-0.1, -0.05) is 13.0 Å². The van der Waals surface area contributed by atoms with E-state index in [0.29, 0.717) is 17.3 Å². The van der Waals surface area contributed by atoms with Crippen LogP contribution >= 0.6 is 11.8 Å². The fourth-order valence-corrected chi connectivity index (χ4v) is 4.27. The molecule has 7 heteroatoms. The van der Waals surface area contributed by atoms with Crippen molar-refractivity contribution in [3.63, 3.8) is 0 Å². The number of carbonyl (C=O) groups excluding carboxylic acids is 2. The number of hydrogen-bond donors (Lipinski definition) is 1. The molecule has 138 valence electrons. The molecule has 2 amide bonds. The Labute approximate surface area is 153 Å². The van der Waals surface area contributed by atoms with Gasteiger partial charge in [-0.05, 0) is 31.0 Å². The minimum atomic E-state index is -0.463. The average molecular weight is 366 g/mol. The largest absolute Gasteiger partial charge is 0.493 e. The number of thioether (sulfide) groups is 1. The van der Waals surface area contributed by atoms with Crippen molar-refractivity contribution >= 4 is 23.6 Å². The molecule has 2 rings (SSSR count). The number of hydrogen-bond acceptors (Lipinski definition) is 5. The highest BCUT2D eigenvalue weighted by Gasteiger charge is 2.41. The van der Waals surface area contributed by atoms with Crippen molar-refractivity contribution in [2.45, 2.75) is 44.6 Å². The lowest BCUT2D eigenvalue weighted by Gasteiger charge is -2.29. The van der Waals surface area contributed by atoms with Gasteiger partial charge in [0.1, 0.15) is 11.4 Å². The first-order chi connectivity index (χ1) is 11.9. The van der Waals surface area contributed by atoms with Gasteiger partial charge in [-0.2, -0.15) is 0 Å². The first kappa shape index (κ1) is 19.4. The Balaban J connectivity index is 2.27. The first-order valence-electron chi connectivity index (χ1n) is 8.35. The molecule has 1 heterocycles. The molecule has 6 nitrogen and oxygen atoms in total. The van der Waals surface area contributed by atoms with E-state index < -0.39 is 6.04 Å². The van der Waals surface area contributed by atoms with Crippen LogP contribution in [0, 0.1) is 0 Å². The number of nitrogens with one attached hydrogen (secondary N) is 1. The molecule has 1 fully saturated rings. The third-order valence-electron chi connectivity index (χ3n) is 4.36. The lowest BCUT2D eigenvalue weighted by atomic mass is 10.1. The Morgan fingerprint density at radius 1 is 1.32 bits per heavy atom. The summed E-state index contributed by atoms with van der Waals surface area (Å²) in [6, 6.07) is 5.21. The fraction of sp³-hybridized carbons (Fsp3) is 0.556. The van der Waals surface area contributed by atoms with E-state index in [9.17, 15) is 9.59 Å². The predicted molar refractivity (Wildman–Crippen MR) is 98.9 cm³/mol. The SMILES string of the molecule is CCC(C)NC(=O)C1CSC(c2ccc(OC)c(OC)c2)N1C(C)=O. The Hall–Kier alpha value is -1.89. The van der Waals surface area contributed by atoms with Crippen molar-refractivity contribution in [2.75, 3.05) is 20.0 Å². The number of amides is 2. The molecule has 1 N–H and O–H groups in total. The van der Waals surface area contributed by atoms with Crippen molar-refractivity contribution < 1.29 is 19.1 Å². The molecule has 0 radical (unpaired) electrons. The molecule has 3 atom stereocenters. The van der Waals surface area contributed by atoms with Gasteiger partial charge in [-0.15, -0.1) is 11.8 Å². The van der Waals surface area contributed by atoms with E-state index in [1.165, 1.54) is 6.92 Å².